The van der Waals surface area contributed by atoms with Crippen molar-refractivity contribution < 1.29 is 9.53 Å². The molecular weight excluding hydrogens is 236 g/mol. The Bertz CT molecular complexity index is 344. The highest BCUT2D eigenvalue weighted by atomic mass is 32.2. The van der Waals surface area contributed by atoms with Gasteiger partial charge in [-0.1, -0.05) is 19.9 Å². The van der Waals surface area contributed by atoms with E-state index in [1.165, 1.54) is 18.9 Å². The summed E-state index contributed by atoms with van der Waals surface area (Å²) in [6, 6.07) is 5.66. The van der Waals surface area contributed by atoms with Crippen LogP contribution in [0.25, 0.3) is 0 Å². The van der Waals surface area contributed by atoms with Gasteiger partial charge in [0.2, 0.25) is 0 Å². The zero-order chi connectivity index (χ0) is 12.7. The number of hydrogen-bond acceptors (Lipinski definition) is 5. The number of nitrogens with zero attached hydrogens (tertiary/aromatic N) is 1. The fourth-order valence-electron chi connectivity index (χ4n) is 1.33. The summed E-state index contributed by atoms with van der Waals surface area (Å²) in [4.78, 5) is 15.7. The lowest BCUT2D eigenvalue weighted by Gasteiger charge is -2.18. The number of ether oxygens (including phenoxy) is 1. The predicted octanol–water partition coefficient (Wildman–Crippen LogP) is 1.71. The quantitative estimate of drug-likeness (QED) is 0.618. The molecule has 0 saturated heterocycles. The molecule has 0 aliphatic rings. The molecule has 0 saturated carbocycles. The second-order valence-electron chi connectivity index (χ2n) is 3.88. The lowest BCUT2D eigenvalue weighted by molar-refractivity contribution is -0.142. The van der Waals surface area contributed by atoms with Gasteiger partial charge >= 0.3 is 5.97 Å². The van der Waals surface area contributed by atoms with E-state index >= 15 is 0 Å². The van der Waals surface area contributed by atoms with Crippen molar-refractivity contribution in [1.82, 2.24) is 10.3 Å². The van der Waals surface area contributed by atoms with Gasteiger partial charge in [0.25, 0.3) is 0 Å². The van der Waals surface area contributed by atoms with Crippen molar-refractivity contribution >= 4 is 17.7 Å². The maximum atomic E-state index is 11.6. The van der Waals surface area contributed by atoms with E-state index in [1.807, 2.05) is 32.0 Å². The van der Waals surface area contributed by atoms with Gasteiger partial charge in [-0.15, -0.1) is 11.8 Å². The molecule has 1 unspecified atom stereocenters. The van der Waals surface area contributed by atoms with Crippen molar-refractivity contribution in [2.75, 3.05) is 12.9 Å². The highest BCUT2D eigenvalue weighted by Gasteiger charge is 2.19. The molecule has 0 aliphatic carbocycles. The average Bonchev–Trinajstić information content (AvgIpc) is 2.34. The minimum absolute atomic E-state index is 0.234. The van der Waals surface area contributed by atoms with Crippen LogP contribution in [0.4, 0.5) is 0 Å². The summed E-state index contributed by atoms with van der Waals surface area (Å²) in [5, 5.41) is 4.09. The first-order valence-corrected chi connectivity index (χ1v) is 6.49. The first-order valence-electron chi connectivity index (χ1n) is 5.51. The average molecular weight is 254 g/mol. The summed E-state index contributed by atoms with van der Waals surface area (Å²) in [7, 11) is 1.41. The Morgan fingerprint density at radius 3 is 2.82 bits per heavy atom. The molecule has 5 heteroatoms. The molecule has 0 aliphatic heterocycles. The summed E-state index contributed by atoms with van der Waals surface area (Å²) in [5.41, 5.74) is 0. The van der Waals surface area contributed by atoms with Gasteiger partial charge in [-0.3, -0.25) is 4.79 Å². The smallest absolute Gasteiger partial charge is 0.323 e. The molecule has 17 heavy (non-hydrogen) atoms. The molecule has 1 N–H and O–H groups in total. The zero-order valence-electron chi connectivity index (χ0n) is 10.3. The van der Waals surface area contributed by atoms with Crippen molar-refractivity contribution in [3.8, 4) is 0 Å². The Hall–Kier alpha value is -1.07. The van der Waals surface area contributed by atoms with Crippen molar-refractivity contribution in [2.45, 2.75) is 31.0 Å². The number of carbonyl (C=O) groups excluding carboxylic acids is 1. The Kier molecular flexibility index (Phi) is 6.00. The monoisotopic (exact) mass is 254 g/mol. The zero-order valence-corrected chi connectivity index (χ0v) is 11.2. The van der Waals surface area contributed by atoms with Crippen molar-refractivity contribution in [3.63, 3.8) is 0 Å². The first-order chi connectivity index (χ1) is 8.13. The second kappa shape index (κ2) is 7.29. The number of pyridine rings is 1. The largest absolute Gasteiger partial charge is 0.468 e. The number of thioether (sulfide) groups is 1. The summed E-state index contributed by atoms with van der Waals surface area (Å²) in [6.45, 7) is 4.00. The Balaban J connectivity index is 2.52. The fraction of sp³-hybridized carbons (Fsp3) is 0.500. The predicted molar refractivity (Wildman–Crippen MR) is 69.0 cm³/mol. The maximum Gasteiger partial charge on any atom is 0.323 e. The lowest BCUT2D eigenvalue weighted by atomic mass is 10.3. The van der Waals surface area contributed by atoms with Gasteiger partial charge in [-0.05, 0) is 12.1 Å². The molecule has 1 heterocycles. The van der Waals surface area contributed by atoms with E-state index in [0.29, 0.717) is 5.75 Å². The molecule has 0 fully saturated rings. The molecule has 1 aromatic rings. The van der Waals surface area contributed by atoms with E-state index in [2.05, 4.69) is 10.3 Å². The van der Waals surface area contributed by atoms with E-state index in [-0.39, 0.29) is 18.1 Å². The van der Waals surface area contributed by atoms with E-state index in [4.69, 9.17) is 4.74 Å². The maximum absolute atomic E-state index is 11.6. The highest BCUT2D eigenvalue weighted by molar-refractivity contribution is 7.99. The normalized spacial score (nSPS) is 12.5. The summed E-state index contributed by atoms with van der Waals surface area (Å²) < 4.78 is 4.77. The summed E-state index contributed by atoms with van der Waals surface area (Å²) in [5.74, 6) is 0.379. The summed E-state index contributed by atoms with van der Waals surface area (Å²) in [6.07, 6.45) is 1.74. The molecule has 0 aromatic carbocycles. The van der Waals surface area contributed by atoms with Crippen LogP contribution in [0.1, 0.15) is 13.8 Å². The third-order valence-corrected chi connectivity index (χ3v) is 3.09. The van der Waals surface area contributed by atoms with Crippen LogP contribution in [0.3, 0.4) is 0 Å². The topological polar surface area (TPSA) is 51.2 Å². The van der Waals surface area contributed by atoms with Crippen molar-refractivity contribution in [3.05, 3.63) is 24.4 Å². The first kappa shape index (κ1) is 14.0. The van der Waals surface area contributed by atoms with Crippen LogP contribution >= 0.6 is 11.8 Å². The molecule has 94 valence electrons. The van der Waals surface area contributed by atoms with Crippen LogP contribution < -0.4 is 5.32 Å². The van der Waals surface area contributed by atoms with E-state index in [1.54, 1.807) is 6.20 Å². The van der Waals surface area contributed by atoms with Crippen LogP contribution in [-0.2, 0) is 9.53 Å². The van der Waals surface area contributed by atoms with Crippen LogP contribution in [0.15, 0.2) is 29.4 Å². The summed E-state index contributed by atoms with van der Waals surface area (Å²) >= 11 is 1.54. The highest BCUT2D eigenvalue weighted by Crippen LogP contribution is 2.15. The third kappa shape index (κ3) is 5.19. The molecule has 0 radical (unpaired) electrons. The Labute approximate surface area is 106 Å². The van der Waals surface area contributed by atoms with E-state index < -0.39 is 0 Å². The number of rotatable bonds is 6. The number of aromatic nitrogens is 1. The van der Waals surface area contributed by atoms with Crippen LogP contribution in [-0.4, -0.2) is 35.9 Å². The number of esters is 1. The minimum atomic E-state index is -0.299. The molecule has 1 aromatic heterocycles. The SMILES string of the molecule is COC(=O)C(CSc1ccccn1)NC(C)C. The number of nitrogens with one attached hydrogen (secondary N) is 1. The van der Waals surface area contributed by atoms with Crippen LogP contribution in [0.5, 0.6) is 0 Å². The van der Waals surface area contributed by atoms with Crippen LogP contribution in [0.2, 0.25) is 0 Å². The Morgan fingerprint density at radius 2 is 2.29 bits per heavy atom. The van der Waals surface area contributed by atoms with Gasteiger partial charge in [0.1, 0.15) is 6.04 Å². The standard InChI is InChI=1S/C12H18N2O2S/c1-9(2)14-10(12(15)16-3)8-17-11-6-4-5-7-13-11/h4-7,9-10,14H,8H2,1-3H3. The molecule has 0 spiro atoms. The van der Waals surface area contributed by atoms with Gasteiger partial charge < -0.3 is 10.1 Å². The van der Waals surface area contributed by atoms with Gasteiger partial charge in [0.15, 0.2) is 0 Å². The van der Waals surface area contributed by atoms with E-state index in [9.17, 15) is 4.79 Å². The van der Waals surface area contributed by atoms with Gasteiger partial charge in [0, 0.05) is 18.0 Å². The minimum Gasteiger partial charge on any atom is -0.468 e. The van der Waals surface area contributed by atoms with Crippen LogP contribution in [0, 0.1) is 0 Å². The third-order valence-electron chi connectivity index (χ3n) is 2.06. The van der Waals surface area contributed by atoms with Crippen molar-refractivity contribution in [1.29, 1.82) is 0 Å². The van der Waals surface area contributed by atoms with Gasteiger partial charge in [-0.25, -0.2) is 4.98 Å². The Morgan fingerprint density at radius 1 is 1.53 bits per heavy atom. The van der Waals surface area contributed by atoms with Gasteiger partial charge in [0.05, 0.1) is 12.1 Å². The van der Waals surface area contributed by atoms with Gasteiger partial charge in [-0.2, -0.15) is 0 Å². The number of methoxy groups -OCH3 is 1. The fourth-order valence-corrected chi connectivity index (χ4v) is 2.21. The molecular formula is C12H18N2O2S. The second-order valence-corrected chi connectivity index (χ2v) is 4.92. The molecule has 1 atom stereocenters. The number of carbonyl (C=O) groups is 1. The molecule has 0 amide bonds. The number of hydrogen-bond donors (Lipinski definition) is 1. The molecule has 0 bridgehead atoms. The molecule has 4 nitrogen and oxygen atoms in total. The molecule has 1 rings (SSSR count). The van der Waals surface area contributed by atoms with E-state index in [0.717, 1.165) is 5.03 Å². The van der Waals surface area contributed by atoms with Crippen molar-refractivity contribution in [2.24, 2.45) is 0 Å². The lowest BCUT2D eigenvalue weighted by Crippen LogP contribution is -2.43.